The minimum atomic E-state index is -5.16. The van der Waals surface area contributed by atoms with Crippen molar-refractivity contribution < 1.29 is 36.5 Å². The summed E-state index contributed by atoms with van der Waals surface area (Å²) in [7, 11) is 1.61. The van der Waals surface area contributed by atoms with Gasteiger partial charge in [0.2, 0.25) is 11.6 Å². The summed E-state index contributed by atoms with van der Waals surface area (Å²) >= 11 is 0.629. The highest BCUT2D eigenvalue weighted by molar-refractivity contribution is 7.21. The molecule has 4 rings (SSSR count). The highest BCUT2D eigenvalue weighted by Gasteiger charge is 2.44. The zero-order valence-electron chi connectivity index (χ0n) is 20.1. The molecule has 4 heterocycles. The van der Waals surface area contributed by atoms with Crippen LogP contribution in [0.4, 0.5) is 33.3 Å². The maximum Gasteiger partial charge on any atom is 0.442 e. The predicted octanol–water partition coefficient (Wildman–Crippen LogP) is 4.11. The van der Waals surface area contributed by atoms with Gasteiger partial charge in [-0.2, -0.15) is 23.4 Å². The van der Waals surface area contributed by atoms with Crippen molar-refractivity contribution in [3.05, 3.63) is 50.0 Å². The quantitative estimate of drug-likeness (QED) is 0.191. The predicted molar refractivity (Wildman–Crippen MR) is 127 cm³/mol. The van der Waals surface area contributed by atoms with E-state index in [1.807, 2.05) is 0 Å². The number of nitro groups is 1. The number of nitrogens with two attached hydrogens (primary N) is 1. The van der Waals surface area contributed by atoms with Crippen molar-refractivity contribution in [3.63, 3.8) is 0 Å². The molecule has 4 aromatic heterocycles. The van der Waals surface area contributed by atoms with E-state index in [9.17, 15) is 41.7 Å². The smallest absolute Gasteiger partial charge is 0.365 e. The molecule has 0 aliphatic rings. The lowest BCUT2D eigenvalue weighted by atomic mass is 10.0. The SMILES string of the molecule is Cc1c(-c2cc(C(F)F)nc3sc(C(N)=O)c(NC(=O)Cn4nc(C(F)(F)F)c([N+](=O)[O-])c4C)c23)cnn1C. The molecule has 0 aromatic carbocycles. The van der Waals surface area contributed by atoms with Crippen LogP contribution in [-0.2, 0) is 24.6 Å². The maximum atomic E-state index is 13.7. The van der Waals surface area contributed by atoms with Crippen LogP contribution >= 0.6 is 11.3 Å². The number of pyridine rings is 1. The molecule has 0 saturated heterocycles. The van der Waals surface area contributed by atoms with Gasteiger partial charge in [-0.25, -0.2) is 13.8 Å². The van der Waals surface area contributed by atoms with Gasteiger partial charge in [0.25, 0.3) is 12.3 Å². The van der Waals surface area contributed by atoms with Crippen LogP contribution in [0.1, 0.15) is 38.9 Å². The molecule has 0 atom stereocenters. The number of thiophene rings is 1. The maximum absolute atomic E-state index is 13.7. The molecular weight excluding hydrogens is 555 g/mol. The molecular formula is C21H17F5N8O4S. The second-order valence-corrected chi connectivity index (χ2v) is 9.26. The Balaban J connectivity index is 1.85. The fourth-order valence-electron chi connectivity index (χ4n) is 3.91. The summed E-state index contributed by atoms with van der Waals surface area (Å²) in [5.74, 6) is -2.07. The second kappa shape index (κ2) is 9.68. The van der Waals surface area contributed by atoms with E-state index in [-0.39, 0.29) is 26.3 Å². The molecule has 3 N–H and O–H groups in total. The normalized spacial score (nSPS) is 11.9. The van der Waals surface area contributed by atoms with E-state index in [1.54, 1.807) is 14.0 Å². The number of carbonyl (C=O) groups is 2. The summed E-state index contributed by atoms with van der Waals surface area (Å²) in [4.78, 5) is 38.7. The van der Waals surface area contributed by atoms with E-state index in [0.717, 1.165) is 13.0 Å². The average Bonchev–Trinajstić information content (AvgIpc) is 3.47. The van der Waals surface area contributed by atoms with E-state index in [2.05, 4.69) is 20.5 Å². The Kier molecular flexibility index (Phi) is 6.84. The number of aryl methyl sites for hydroxylation is 1. The van der Waals surface area contributed by atoms with Gasteiger partial charge in [0.15, 0.2) is 0 Å². The molecule has 0 aliphatic carbocycles. The number of amides is 2. The fourth-order valence-corrected chi connectivity index (χ4v) is 4.93. The number of alkyl halides is 5. The Labute approximate surface area is 218 Å². The number of carbonyl (C=O) groups excluding carboxylic acids is 2. The highest BCUT2D eigenvalue weighted by atomic mass is 32.1. The number of aromatic nitrogens is 5. The van der Waals surface area contributed by atoms with E-state index in [0.29, 0.717) is 27.3 Å². The zero-order valence-corrected chi connectivity index (χ0v) is 20.9. The molecule has 0 bridgehead atoms. The van der Waals surface area contributed by atoms with Crippen molar-refractivity contribution in [3.8, 4) is 11.1 Å². The van der Waals surface area contributed by atoms with Crippen LogP contribution in [0.5, 0.6) is 0 Å². The van der Waals surface area contributed by atoms with Crippen LogP contribution < -0.4 is 11.1 Å². The number of nitrogens with one attached hydrogen (secondary N) is 1. The Morgan fingerprint density at radius 2 is 1.90 bits per heavy atom. The van der Waals surface area contributed by atoms with Crippen molar-refractivity contribution >= 4 is 44.7 Å². The summed E-state index contributed by atoms with van der Waals surface area (Å²) in [5, 5.41) is 21.0. The summed E-state index contributed by atoms with van der Waals surface area (Å²) in [6.07, 6.45) is -6.76. The second-order valence-electron chi connectivity index (χ2n) is 8.26. The molecule has 18 heteroatoms. The van der Waals surface area contributed by atoms with Crippen molar-refractivity contribution in [1.82, 2.24) is 24.5 Å². The Bertz CT molecular complexity index is 1660. The molecule has 0 saturated carbocycles. The summed E-state index contributed by atoms with van der Waals surface area (Å²) in [5.41, 5.74) is 2.07. The Hall–Kier alpha value is -4.48. The van der Waals surface area contributed by atoms with Gasteiger partial charge >= 0.3 is 11.9 Å². The van der Waals surface area contributed by atoms with E-state index in [4.69, 9.17) is 5.73 Å². The molecule has 4 aromatic rings. The number of hydrogen-bond donors (Lipinski definition) is 2. The van der Waals surface area contributed by atoms with E-state index >= 15 is 0 Å². The molecule has 12 nitrogen and oxygen atoms in total. The van der Waals surface area contributed by atoms with Crippen molar-refractivity contribution in [1.29, 1.82) is 0 Å². The molecule has 0 radical (unpaired) electrons. The van der Waals surface area contributed by atoms with Crippen molar-refractivity contribution in [2.75, 3.05) is 5.32 Å². The van der Waals surface area contributed by atoms with Gasteiger partial charge in [0, 0.05) is 23.7 Å². The molecule has 0 spiro atoms. The third-order valence-electron chi connectivity index (χ3n) is 5.84. The van der Waals surface area contributed by atoms with Crippen LogP contribution in [-0.4, -0.2) is 41.3 Å². The number of anilines is 1. The van der Waals surface area contributed by atoms with Gasteiger partial charge in [-0.15, -0.1) is 11.3 Å². The first kappa shape index (κ1) is 27.6. The molecule has 2 amide bonds. The van der Waals surface area contributed by atoms with Crippen LogP contribution in [0.25, 0.3) is 21.3 Å². The van der Waals surface area contributed by atoms with E-state index in [1.165, 1.54) is 10.9 Å². The number of fused-ring (bicyclic) bond motifs is 1. The highest BCUT2D eigenvalue weighted by Crippen LogP contribution is 2.43. The Morgan fingerprint density at radius 1 is 1.23 bits per heavy atom. The zero-order chi connectivity index (χ0) is 29.0. The molecule has 0 aliphatic heterocycles. The van der Waals surface area contributed by atoms with Gasteiger partial charge in [-0.3, -0.25) is 29.1 Å². The largest absolute Gasteiger partial charge is 0.442 e. The molecule has 206 valence electrons. The number of halogens is 5. The van der Waals surface area contributed by atoms with Gasteiger partial charge in [-0.1, -0.05) is 0 Å². The van der Waals surface area contributed by atoms with Crippen molar-refractivity contribution in [2.24, 2.45) is 12.8 Å². The van der Waals surface area contributed by atoms with Gasteiger partial charge in [-0.05, 0) is 25.5 Å². The first-order valence-electron chi connectivity index (χ1n) is 10.7. The standard InChI is InChI=1S/C21H17F5N8O4S/c1-7-10(5-28-32(7)3)9-4-11(18(22)23)29-20-13(9)14(16(39-20)19(27)36)30-12(35)6-33-8(2)15(34(37)38)17(31-33)21(24,25)26/h4-5,18H,6H2,1-3H3,(H2,27,36)(H,30,35). The number of rotatable bonds is 7. The fraction of sp³-hybridized carbons (Fsp3) is 0.286. The van der Waals surface area contributed by atoms with Gasteiger partial charge in [0.05, 0.1) is 16.8 Å². The summed E-state index contributed by atoms with van der Waals surface area (Å²) in [6, 6.07) is 1.07. The number of hydrogen-bond acceptors (Lipinski definition) is 8. The number of primary amides is 1. The summed E-state index contributed by atoms with van der Waals surface area (Å²) < 4.78 is 69.1. The van der Waals surface area contributed by atoms with Gasteiger partial charge in [0.1, 0.15) is 27.6 Å². The minimum absolute atomic E-state index is 0.0691. The average molecular weight is 572 g/mol. The van der Waals surface area contributed by atoms with Crippen LogP contribution in [0.2, 0.25) is 0 Å². The lowest BCUT2D eigenvalue weighted by Gasteiger charge is -2.11. The topological polar surface area (TPSA) is 164 Å². The molecule has 0 unspecified atom stereocenters. The Morgan fingerprint density at radius 3 is 2.38 bits per heavy atom. The minimum Gasteiger partial charge on any atom is -0.365 e. The monoisotopic (exact) mass is 572 g/mol. The molecule has 0 fully saturated rings. The lowest BCUT2D eigenvalue weighted by Crippen LogP contribution is -2.22. The van der Waals surface area contributed by atoms with Crippen LogP contribution in [0.3, 0.4) is 0 Å². The first-order valence-corrected chi connectivity index (χ1v) is 11.6. The third kappa shape index (κ3) is 4.89. The lowest BCUT2D eigenvalue weighted by molar-refractivity contribution is -0.388. The van der Waals surface area contributed by atoms with Crippen LogP contribution in [0, 0.1) is 24.0 Å². The van der Waals surface area contributed by atoms with E-state index < -0.39 is 58.7 Å². The molecule has 39 heavy (non-hydrogen) atoms. The third-order valence-corrected chi connectivity index (χ3v) is 6.94. The van der Waals surface area contributed by atoms with Gasteiger partial charge < -0.3 is 11.1 Å². The first-order chi connectivity index (χ1) is 18.1. The summed E-state index contributed by atoms with van der Waals surface area (Å²) in [6.45, 7) is 1.73. The van der Waals surface area contributed by atoms with Crippen LogP contribution in [0.15, 0.2) is 12.3 Å². The number of nitrogens with zero attached hydrogens (tertiary/aromatic N) is 6. The van der Waals surface area contributed by atoms with Crippen molar-refractivity contribution in [2.45, 2.75) is 33.0 Å².